The van der Waals surface area contributed by atoms with Crippen molar-refractivity contribution in [1.29, 1.82) is 0 Å². The molecule has 0 aliphatic rings. The third-order valence-corrected chi connectivity index (χ3v) is 3.79. The van der Waals surface area contributed by atoms with Gasteiger partial charge in [-0.3, -0.25) is 4.79 Å². The van der Waals surface area contributed by atoms with Crippen LogP contribution in [0.25, 0.3) is 0 Å². The first kappa shape index (κ1) is 13.3. The summed E-state index contributed by atoms with van der Waals surface area (Å²) in [4.78, 5) is 12.7. The van der Waals surface area contributed by atoms with Gasteiger partial charge in [0, 0.05) is 6.42 Å². The van der Waals surface area contributed by atoms with E-state index < -0.39 is 0 Å². The van der Waals surface area contributed by atoms with Crippen LogP contribution in [-0.2, 0) is 0 Å². The van der Waals surface area contributed by atoms with E-state index in [0.717, 1.165) is 23.4 Å². The van der Waals surface area contributed by atoms with Crippen LogP contribution < -0.4 is 0 Å². The molecule has 4 heteroatoms. The van der Waals surface area contributed by atoms with E-state index in [2.05, 4.69) is 23.4 Å². The maximum absolute atomic E-state index is 12.0. The zero-order chi connectivity index (χ0) is 12.0. The molecule has 0 saturated carbocycles. The molecule has 0 aliphatic heterocycles. The van der Waals surface area contributed by atoms with Gasteiger partial charge in [0.1, 0.15) is 4.88 Å². The van der Waals surface area contributed by atoms with Crippen LogP contribution in [0, 0.1) is 12.8 Å². The van der Waals surface area contributed by atoms with Crippen LogP contribution in [-0.4, -0.2) is 15.4 Å². The van der Waals surface area contributed by atoms with Crippen molar-refractivity contribution in [2.24, 2.45) is 5.92 Å². The largest absolute Gasteiger partial charge is 0.293 e. The molecule has 0 amide bonds. The molecule has 1 atom stereocenters. The number of hydrogen-bond donors (Lipinski definition) is 0. The fourth-order valence-corrected chi connectivity index (χ4v) is 2.39. The number of nitrogens with zero attached hydrogens (tertiary/aromatic N) is 2. The second-order valence-electron chi connectivity index (χ2n) is 4.23. The first-order valence-corrected chi connectivity index (χ1v) is 6.78. The number of rotatable bonds is 7. The van der Waals surface area contributed by atoms with Gasteiger partial charge in [-0.15, -0.1) is 5.10 Å². The predicted molar refractivity (Wildman–Crippen MR) is 66.9 cm³/mol. The highest BCUT2D eigenvalue weighted by molar-refractivity contribution is 7.08. The van der Waals surface area contributed by atoms with Gasteiger partial charge in [0.25, 0.3) is 0 Å². The van der Waals surface area contributed by atoms with Crippen LogP contribution in [0.5, 0.6) is 0 Å². The van der Waals surface area contributed by atoms with Gasteiger partial charge in [-0.1, -0.05) is 44.0 Å². The summed E-state index contributed by atoms with van der Waals surface area (Å²) >= 11 is 1.22. The molecule has 1 aromatic rings. The molecule has 0 aromatic carbocycles. The van der Waals surface area contributed by atoms with E-state index in [-0.39, 0.29) is 5.78 Å². The Morgan fingerprint density at radius 3 is 2.69 bits per heavy atom. The average Bonchev–Trinajstić information content (AvgIpc) is 2.70. The lowest BCUT2D eigenvalue weighted by Crippen LogP contribution is -2.08. The van der Waals surface area contributed by atoms with Crippen molar-refractivity contribution in [3.05, 3.63) is 10.6 Å². The Balaban J connectivity index is 2.52. The number of unbranched alkanes of at least 4 members (excludes halogenated alkanes) is 1. The van der Waals surface area contributed by atoms with Gasteiger partial charge in [0.15, 0.2) is 5.78 Å². The first-order valence-electron chi connectivity index (χ1n) is 6.01. The highest BCUT2D eigenvalue weighted by Gasteiger charge is 2.17. The molecule has 0 bridgehead atoms. The molecule has 0 saturated heterocycles. The van der Waals surface area contributed by atoms with Crippen molar-refractivity contribution in [2.75, 3.05) is 0 Å². The number of hydrogen-bond acceptors (Lipinski definition) is 4. The number of carbonyl (C=O) groups excluding carboxylic acids is 1. The Hall–Kier alpha value is -0.770. The lowest BCUT2D eigenvalue weighted by Gasteiger charge is -2.12. The fraction of sp³-hybridized carbons (Fsp3) is 0.750. The van der Waals surface area contributed by atoms with Crippen molar-refractivity contribution in [3.8, 4) is 0 Å². The molecular weight excluding hydrogens is 220 g/mol. The highest BCUT2D eigenvalue weighted by atomic mass is 32.1. The number of aromatic nitrogens is 2. The normalized spacial score (nSPS) is 12.7. The summed E-state index contributed by atoms with van der Waals surface area (Å²) in [6.45, 7) is 6.20. The van der Waals surface area contributed by atoms with E-state index >= 15 is 0 Å². The minimum atomic E-state index is 0.218. The molecule has 1 rings (SSSR count). The van der Waals surface area contributed by atoms with Crippen LogP contribution in [0.3, 0.4) is 0 Å². The van der Waals surface area contributed by atoms with Crippen molar-refractivity contribution >= 4 is 17.3 Å². The van der Waals surface area contributed by atoms with Gasteiger partial charge in [-0.25, -0.2) is 0 Å². The smallest absolute Gasteiger partial charge is 0.176 e. The summed E-state index contributed by atoms with van der Waals surface area (Å²) in [6.07, 6.45) is 5.31. The van der Waals surface area contributed by atoms with Crippen LogP contribution in [0.2, 0.25) is 0 Å². The van der Waals surface area contributed by atoms with E-state index in [1.54, 1.807) is 0 Å². The lowest BCUT2D eigenvalue weighted by atomic mass is 9.93. The quantitative estimate of drug-likeness (QED) is 0.683. The molecule has 0 fully saturated rings. The Kier molecular flexibility index (Phi) is 5.60. The minimum absolute atomic E-state index is 0.218. The molecule has 1 aromatic heterocycles. The van der Waals surface area contributed by atoms with Gasteiger partial charge < -0.3 is 0 Å². The molecule has 1 unspecified atom stereocenters. The van der Waals surface area contributed by atoms with Gasteiger partial charge in [-0.2, -0.15) is 0 Å². The van der Waals surface area contributed by atoms with Gasteiger partial charge in [0.2, 0.25) is 0 Å². The molecule has 1 heterocycles. The zero-order valence-electron chi connectivity index (χ0n) is 10.3. The average molecular weight is 240 g/mol. The van der Waals surface area contributed by atoms with E-state index in [1.807, 2.05) is 6.92 Å². The Morgan fingerprint density at radius 1 is 1.44 bits per heavy atom. The summed E-state index contributed by atoms with van der Waals surface area (Å²) in [6, 6.07) is 0. The minimum Gasteiger partial charge on any atom is -0.293 e. The summed E-state index contributed by atoms with van der Waals surface area (Å²) < 4.78 is 3.81. The van der Waals surface area contributed by atoms with Crippen molar-refractivity contribution in [3.63, 3.8) is 0 Å². The number of aryl methyl sites for hydroxylation is 1. The van der Waals surface area contributed by atoms with Crippen molar-refractivity contribution in [2.45, 2.75) is 52.9 Å². The van der Waals surface area contributed by atoms with Gasteiger partial charge in [-0.05, 0) is 24.4 Å². The van der Waals surface area contributed by atoms with Crippen LogP contribution in [0.15, 0.2) is 0 Å². The first-order chi connectivity index (χ1) is 7.69. The molecular formula is C12H20N2OS. The van der Waals surface area contributed by atoms with Crippen molar-refractivity contribution in [1.82, 2.24) is 9.59 Å². The second kappa shape index (κ2) is 6.74. The standard InChI is InChI=1S/C12H20N2OS/c1-4-6-7-10(5-2)8-11(15)12-9(3)13-14-16-12/h10H,4-8H2,1-3H3. The molecule has 0 aliphatic carbocycles. The lowest BCUT2D eigenvalue weighted by molar-refractivity contribution is 0.0960. The zero-order valence-corrected chi connectivity index (χ0v) is 11.1. The van der Waals surface area contributed by atoms with Gasteiger partial charge in [0.05, 0.1) is 5.69 Å². The summed E-state index contributed by atoms with van der Waals surface area (Å²) in [5.74, 6) is 0.740. The Bertz CT molecular complexity index is 336. The predicted octanol–water partition coefficient (Wildman–Crippen LogP) is 3.64. The van der Waals surface area contributed by atoms with E-state index in [4.69, 9.17) is 0 Å². The molecule has 3 nitrogen and oxygen atoms in total. The topological polar surface area (TPSA) is 42.9 Å². The third kappa shape index (κ3) is 3.67. The number of ketones is 1. The second-order valence-corrected chi connectivity index (χ2v) is 4.99. The van der Waals surface area contributed by atoms with Crippen LogP contribution in [0.1, 0.15) is 61.3 Å². The summed E-state index contributed by atoms with van der Waals surface area (Å²) in [5.41, 5.74) is 0.778. The summed E-state index contributed by atoms with van der Waals surface area (Å²) in [5, 5.41) is 3.88. The fourth-order valence-electron chi connectivity index (χ4n) is 1.78. The SMILES string of the molecule is CCCCC(CC)CC(=O)c1snnc1C. The number of carbonyl (C=O) groups is 1. The van der Waals surface area contributed by atoms with Crippen molar-refractivity contribution < 1.29 is 4.79 Å². The number of Topliss-reactive ketones (excluding diaryl/α,β-unsaturated/α-hetero) is 1. The van der Waals surface area contributed by atoms with Crippen LogP contribution >= 0.6 is 11.5 Å². The molecule has 90 valence electrons. The maximum Gasteiger partial charge on any atom is 0.176 e. The van der Waals surface area contributed by atoms with Crippen LogP contribution in [0.4, 0.5) is 0 Å². The highest BCUT2D eigenvalue weighted by Crippen LogP contribution is 2.21. The Labute approximate surface area is 101 Å². The van der Waals surface area contributed by atoms with E-state index in [1.165, 1.54) is 24.4 Å². The molecule has 16 heavy (non-hydrogen) atoms. The molecule has 0 N–H and O–H groups in total. The molecule has 0 spiro atoms. The van der Waals surface area contributed by atoms with Gasteiger partial charge >= 0.3 is 0 Å². The van der Waals surface area contributed by atoms with E-state index in [9.17, 15) is 4.79 Å². The maximum atomic E-state index is 12.0. The monoisotopic (exact) mass is 240 g/mol. The summed E-state index contributed by atoms with van der Waals surface area (Å²) in [7, 11) is 0. The third-order valence-electron chi connectivity index (χ3n) is 2.92. The molecule has 0 radical (unpaired) electrons. The van der Waals surface area contributed by atoms with E-state index in [0.29, 0.717) is 12.3 Å². The Morgan fingerprint density at radius 2 is 2.19 bits per heavy atom.